The molecule has 1 fully saturated rings. The van der Waals surface area contributed by atoms with Crippen molar-refractivity contribution in [2.24, 2.45) is 5.92 Å². The van der Waals surface area contributed by atoms with E-state index in [1.54, 1.807) is 0 Å². The van der Waals surface area contributed by atoms with Crippen molar-refractivity contribution in [3.63, 3.8) is 0 Å². The first-order valence-corrected chi connectivity index (χ1v) is 12.1. The maximum absolute atomic E-state index is 13.9. The SMILES string of the molecule is CCc1ccc(N2C(=S)N[C@H]3c4ccccc4O[C@@]2(C)[C@H]3C(=O)Nc2ccc(C)cc2C)cc1. The van der Waals surface area contributed by atoms with Gasteiger partial charge in [-0.15, -0.1) is 0 Å². The number of rotatable bonds is 4. The number of nitrogens with one attached hydrogen (secondary N) is 2. The van der Waals surface area contributed by atoms with Crippen molar-refractivity contribution in [2.75, 3.05) is 10.2 Å². The third kappa shape index (κ3) is 3.62. The fourth-order valence-corrected chi connectivity index (χ4v) is 5.58. The fourth-order valence-electron chi connectivity index (χ4n) is 5.16. The molecule has 0 radical (unpaired) electrons. The maximum atomic E-state index is 13.9. The van der Waals surface area contributed by atoms with E-state index < -0.39 is 11.6 Å². The normalized spacial score (nSPS) is 22.9. The largest absolute Gasteiger partial charge is 0.467 e. The lowest BCUT2D eigenvalue weighted by Gasteiger charge is -2.56. The number of para-hydroxylation sites is 1. The van der Waals surface area contributed by atoms with E-state index in [1.807, 2.05) is 74.2 Å². The molecule has 2 aliphatic rings. The van der Waals surface area contributed by atoms with E-state index in [9.17, 15) is 4.79 Å². The van der Waals surface area contributed by atoms with Gasteiger partial charge in [-0.1, -0.05) is 55.0 Å². The van der Waals surface area contributed by atoms with Crippen LogP contribution in [0, 0.1) is 19.8 Å². The monoisotopic (exact) mass is 471 g/mol. The summed E-state index contributed by atoms with van der Waals surface area (Å²) < 4.78 is 6.64. The molecule has 0 aromatic heterocycles. The summed E-state index contributed by atoms with van der Waals surface area (Å²) in [6.45, 7) is 8.14. The van der Waals surface area contributed by atoms with Crippen molar-refractivity contribution < 1.29 is 9.53 Å². The average Bonchev–Trinajstić information content (AvgIpc) is 2.80. The highest BCUT2D eigenvalue weighted by Crippen LogP contribution is 2.49. The standard InChI is InChI=1S/C28H29N3O2S/c1-5-19-11-13-20(14-12-19)31-27(34)30-25-21-8-6-7-9-23(21)33-28(31,4)24(25)26(32)29-22-15-10-17(2)16-18(22)3/h6-16,24-25H,5H2,1-4H3,(H,29,32)(H,30,34)/t24-,25+,28+/m1/s1. The van der Waals surface area contributed by atoms with E-state index in [4.69, 9.17) is 17.0 Å². The van der Waals surface area contributed by atoms with Gasteiger partial charge in [0, 0.05) is 16.9 Å². The van der Waals surface area contributed by atoms with E-state index >= 15 is 0 Å². The van der Waals surface area contributed by atoms with Crippen molar-refractivity contribution in [1.82, 2.24) is 5.32 Å². The Morgan fingerprint density at radius 1 is 1.12 bits per heavy atom. The Bertz CT molecular complexity index is 1270. The Hall–Kier alpha value is -3.38. The highest BCUT2D eigenvalue weighted by molar-refractivity contribution is 7.80. The van der Waals surface area contributed by atoms with E-state index in [1.165, 1.54) is 5.56 Å². The van der Waals surface area contributed by atoms with Crippen LogP contribution >= 0.6 is 12.2 Å². The van der Waals surface area contributed by atoms with Gasteiger partial charge < -0.3 is 15.4 Å². The van der Waals surface area contributed by atoms with E-state index in [0.717, 1.165) is 40.2 Å². The zero-order chi connectivity index (χ0) is 24.0. The molecule has 5 rings (SSSR count). The third-order valence-electron chi connectivity index (χ3n) is 6.93. The predicted octanol–water partition coefficient (Wildman–Crippen LogP) is 5.67. The van der Waals surface area contributed by atoms with Crippen LogP contribution in [-0.2, 0) is 11.2 Å². The van der Waals surface area contributed by atoms with Crippen LogP contribution in [-0.4, -0.2) is 16.7 Å². The van der Waals surface area contributed by atoms with E-state index in [0.29, 0.717) is 5.11 Å². The number of anilines is 2. The minimum atomic E-state index is -1.02. The summed E-state index contributed by atoms with van der Waals surface area (Å²) in [5, 5.41) is 7.17. The lowest BCUT2D eigenvalue weighted by molar-refractivity contribution is -0.130. The van der Waals surface area contributed by atoms with Gasteiger partial charge in [0.15, 0.2) is 10.8 Å². The first-order valence-electron chi connectivity index (χ1n) is 11.7. The minimum Gasteiger partial charge on any atom is -0.467 e. The Labute approximate surface area is 206 Å². The fraction of sp³-hybridized carbons (Fsp3) is 0.286. The summed E-state index contributed by atoms with van der Waals surface area (Å²) in [7, 11) is 0. The summed E-state index contributed by atoms with van der Waals surface area (Å²) in [4.78, 5) is 15.9. The van der Waals surface area contributed by atoms with Gasteiger partial charge in [-0.2, -0.15) is 0 Å². The molecule has 0 unspecified atom stereocenters. The van der Waals surface area contributed by atoms with Gasteiger partial charge in [0.05, 0.1) is 6.04 Å². The van der Waals surface area contributed by atoms with Crippen molar-refractivity contribution in [2.45, 2.75) is 45.9 Å². The van der Waals surface area contributed by atoms with Crippen LogP contribution in [0.15, 0.2) is 66.7 Å². The molecule has 1 saturated heterocycles. The van der Waals surface area contributed by atoms with E-state index in [2.05, 4.69) is 35.8 Å². The number of hydrogen-bond donors (Lipinski definition) is 2. The lowest BCUT2D eigenvalue weighted by Crippen LogP contribution is -2.72. The molecular formula is C28H29N3O2S. The molecule has 0 saturated carbocycles. The van der Waals surface area contributed by atoms with Crippen molar-refractivity contribution in [1.29, 1.82) is 0 Å². The molecule has 2 aliphatic heterocycles. The van der Waals surface area contributed by atoms with Crippen LogP contribution in [0.5, 0.6) is 5.75 Å². The van der Waals surface area contributed by atoms with Crippen molar-refractivity contribution >= 4 is 34.6 Å². The second-order valence-corrected chi connectivity index (χ2v) is 9.65. The summed E-state index contributed by atoms with van der Waals surface area (Å²) in [6.07, 6.45) is 0.952. The van der Waals surface area contributed by atoms with Crippen molar-refractivity contribution in [3.8, 4) is 5.75 Å². The summed E-state index contributed by atoms with van der Waals surface area (Å²) in [5.41, 5.74) is 5.03. The smallest absolute Gasteiger partial charge is 0.236 e. The minimum absolute atomic E-state index is 0.112. The molecule has 5 nitrogen and oxygen atoms in total. The number of benzene rings is 3. The molecule has 1 amide bonds. The predicted molar refractivity (Wildman–Crippen MR) is 140 cm³/mol. The summed E-state index contributed by atoms with van der Waals surface area (Å²) >= 11 is 5.83. The number of carbonyl (C=O) groups is 1. The number of aryl methyl sites for hydroxylation is 3. The highest BCUT2D eigenvalue weighted by Gasteiger charge is 2.59. The van der Waals surface area contributed by atoms with Crippen LogP contribution in [0.3, 0.4) is 0 Å². The van der Waals surface area contributed by atoms with Crippen LogP contribution in [0.25, 0.3) is 0 Å². The zero-order valence-electron chi connectivity index (χ0n) is 19.9. The molecule has 2 N–H and O–H groups in total. The van der Waals surface area contributed by atoms with Crippen LogP contribution in [0.1, 0.15) is 42.1 Å². The highest BCUT2D eigenvalue weighted by atomic mass is 32.1. The molecule has 2 bridgehead atoms. The molecule has 174 valence electrons. The van der Waals surface area contributed by atoms with Crippen LogP contribution in [0.4, 0.5) is 11.4 Å². The number of thiocarbonyl (C=S) groups is 1. The summed E-state index contributed by atoms with van der Waals surface area (Å²) in [6, 6.07) is 21.9. The number of nitrogens with zero attached hydrogens (tertiary/aromatic N) is 1. The van der Waals surface area contributed by atoms with Crippen LogP contribution in [0.2, 0.25) is 0 Å². The lowest BCUT2D eigenvalue weighted by atomic mass is 9.78. The molecule has 2 heterocycles. The quantitative estimate of drug-likeness (QED) is 0.481. The molecule has 34 heavy (non-hydrogen) atoms. The molecule has 0 aliphatic carbocycles. The van der Waals surface area contributed by atoms with Crippen molar-refractivity contribution in [3.05, 3.63) is 89.0 Å². The van der Waals surface area contributed by atoms with E-state index in [-0.39, 0.29) is 11.9 Å². The second-order valence-electron chi connectivity index (χ2n) is 9.26. The topological polar surface area (TPSA) is 53.6 Å². The van der Waals surface area contributed by atoms with Gasteiger partial charge in [0.1, 0.15) is 11.7 Å². The second kappa shape index (κ2) is 8.44. The van der Waals surface area contributed by atoms with Crippen LogP contribution < -0.4 is 20.3 Å². The Kier molecular flexibility index (Phi) is 5.56. The van der Waals surface area contributed by atoms with Gasteiger partial charge in [-0.05, 0) is 74.8 Å². The van der Waals surface area contributed by atoms with Gasteiger partial charge in [0.2, 0.25) is 5.91 Å². The first kappa shape index (κ1) is 22.4. The maximum Gasteiger partial charge on any atom is 0.236 e. The number of hydrogen-bond acceptors (Lipinski definition) is 3. The molecule has 3 aromatic carbocycles. The zero-order valence-corrected chi connectivity index (χ0v) is 20.7. The molecular weight excluding hydrogens is 442 g/mol. The van der Waals surface area contributed by atoms with Gasteiger partial charge in [-0.3, -0.25) is 9.69 Å². The number of fused-ring (bicyclic) bond motifs is 4. The Balaban J connectivity index is 1.60. The first-order chi connectivity index (χ1) is 16.3. The van der Waals surface area contributed by atoms with Gasteiger partial charge >= 0.3 is 0 Å². The third-order valence-corrected chi connectivity index (χ3v) is 7.23. The average molecular weight is 472 g/mol. The van der Waals surface area contributed by atoms with Gasteiger partial charge in [0.25, 0.3) is 0 Å². The molecule has 3 atom stereocenters. The molecule has 0 spiro atoms. The summed E-state index contributed by atoms with van der Waals surface area (Å²) in [5.74, 6) is 0.0931. The molecule has 6 heteroatoms. The number of ether oxygens (including phenoxy) is 1. The Morgan fingerprint density at radius 2 is 1.85 bits per heavy atom. The molecule has 3 aromatic rings. The number of carbonyl (C=O) groups excluding carboxylic acids is 1. The van der Waals surface area contributed by atoms with Gasteiger partial charge in [-0.25, -0.2) is 0 Å². The Morgan fingerprint density at radius 3 is 2.56 bits per heavy atom. The number of amides is 1.